The summed E-state index contributed by atoms with van der Waals surface area (Å²) < 4.78 is 1.59. The Bertz CT molecular complexity index is 923. The lowest BCUT2D eigenvalue weighted by atomic mass is 10.1. The van der Waals surface area contributed by atoms with Gasteiger partial charge in [0.15, 0.2) is 5.03 Å². The number of ketones is 2. The molecule has 0 fully saturated rings. The van der Waals surface area contributed by atoms with Crippen molar-refractivity contribution < 1.29 is 14.5 Å². The lowest BCUT2D eigenvalue weighted by Gasteiger charge is -2.25. The Kier molecular flexibility index (Phi) is 5.10. The van der Waals surface area contributed by atoms with Gasteiger partial charge < -0.3 is 15.0 Å². The van der Waals surface area contributed by atoms with Gasteiger partial charge in [0, 0.05) is 28.7 Å². The fraction of sp³-hybridized carbons (Fsp3) is 0.188. The van der Waals surface area contributed by atoms with E-state index in [0.29, 0.717) is 15.7 Å². The first-order valence-electron chi connectivity index (χ1n) is 7.47. The molecule has 8 nitrogen and oxygen atoms in total. The molecule has 1 aromatic carbocycles. The zero-order chi connectivity index (χ0) is 18.8. The first-order valence-corrected chi connectivity index (χ1v) is 8.66. The van der Waals surface area contributed by atoms with Gasteiger partial charge in [-0.15, -0.1) is 0 Å². The van der Waals surface area contributed by atoms with E-state index >= 15 is 0 Å². The monoisotopic (exact) mass is 392 g/mol. The van der Waals surface area contributed by atoms with Gasteiger partial charge in [-0.1, -0.05) is 23.4 Å². The molecular formula is C16H13ClN4O4S. The van der Waals surface area contributed by atoms with Crippen LogP contribution in [0.4, 0.5) is 5.82 Å². The molecule has 0 unspecified atom stereocenters. The van der Waals surface area contributed by atoms with E-state index in [1.54, 1.807) is 40.8 Å². The van der Waals surface area contributed by atoms with Gasteiger partial charge in [0.2, 0.25) is 17.9 Å². The largest absolute Gasteiger partial charge is 0.396 e. The van der Waals surface area contributed by atoms with Crippen molar-refractivity contribution in [2.75, 3.05) is 13.6 Å². The smallest absolute Gasteiger partial charge is 0.368 e. The Balaban J connectivity index is 1.93. The van der Waals surface area contributed by atoms with Gasteiger partial charge in [-0.05, 0) is 34.2 Å². The summed E-state index contributed by atoms with van der Waals surface area (Å²) in [5.74, 6) is -1.32. The van der Waals surface area contributed by atoms with Crippen LogP contribution in [0.2, 0.25) is 5.02 Å². The topological polar surface area (TPSA) is 98.3 Å². The Morgan fingerprint density at radius 2 is 2.00 bits per heavy atom. The first-order chi connectivity index (χ1) is 12.3. The number of carbonyl (C=O) groups is 2. The maximum Gasteiger partial charge on any atom is 0.396 e. The molecule has 0 radical (unpaired) electrons. The lowest BCUT2D eigenvalue weighted by Crippen LogP contribution is -2.36. The number of imidazole rings is 1. The van der Waals surface area contributed by atoms with Crippen LogP contribution >= 0.6 is 23.4 Å². The summed E-state index contributed by atoms with van der Waals surface area (Å²) in [4.78, 5) is 40.2. The summed E-state index contributed by atoms with van der Waals surface area (Å²) in [5.41, 5.74) is 0.583. The molecule has 0 aliphatic carbocycles. The highest BCUT2D eigenvalue weighted by Gasteiger charge is 2.27. The van der Waals surface area contributed by atoms with Crippen LogP contribution in [-0.4, -0.2) is 44.5 Å². The highest BCUT2D eigenvalue weighted by Crippen LogP contribution is 2.35. The highest BCUT2D eigenvalue weighted by atomic mass is 35.5. The number of rotatable bonds is 5. The molecule has 0 bridgehead atoms. The maximum absolute atomic E-state index is 11.7. The summed E-state index contributed by atoms with van der Waals surface area (Å²) in [7, 11) is 1.69. The van der Waals surface area contributed by atoms with Gasteiger partial charge >= 0.3 is 5.82 Å². The molecule has 134 valence electrons. The number of nitrogens with zero attached hydrogens (tertiary/aromatic N) is 4. The van der Waals surface area contributed by atoms with Crippen molar-refractivity contribution in [2.24, 2.45) is 0 Å². The number of hydrogen-bond acceptors (Lipinski definition) is 7. The number of nitro groups is 1. The quantitative estimate of drug-likeness (QED) is 0.438. The van der Waals surface area contributed by atoms with Crippen LogP contribution in [0.25, 0.3) is 0 Å². The van der Waals surface area contributed by atoms with Crippen LogP contribution < -0.4 is 0 Å². The summed E-state index contributed by atoms with van der Waals surface area (Å²) in [6.45, 7) is 0.174. The fourth-order valence-electron chi connectivity index (χ4n) is 2.39. The highest BCUT2D eigenvalue weighted by molar-refractivity contribution is 7.99. The SMILES string of the molecule is CN1CC(=O)C(=O)C=C1Cn1cnc([N+](=O)[O-])c1Sc1ccc(Cl)cc1. The molecule has 1 aliphatic heterocycles. The number of carbonyl (C=O) groups excluding carboxylic acids is 2. The molecular weight excluding hydrogens is 380 g/mol. The summed E-state index contributed by atoms with van der Waals surface area (Å²) in [6.07, 6.45) is 2.61. The average Bonchev–Trinajstić information content (AvgIpc) is 2.97. The Morgan fingerprint density at radius 3 is 2.65 bits per heavy atom. The normalized spacial score (nSPS) is 14.5. The molecule has 2 aromatic rings. The van der Waals surface area contributed by atoms with E-state index in [0.717, 1.165) is 4.90 Å². The van der Waals surface area contributed by atoms with Crippen molar-refractivity contribution in [3.63, 3.8) is 0 Å². The van der Waals surface area contributed by atoms with E-state index in [9.17, 15) is 19.7 Å². The van der Waals surface area contributed by atoms with E-state index in [1.807, 2.05) is 0 Å². The minimum atomic E-state index is -0.570. The number of aromatic nitrogens is 2. The predicted octanol–water partition coefficient (Wildman–Crippen LogP) is 2.56. The van der Waals surface area contributed by atoms with Gasteiger partial charge in [-0.3, -0.25) is 14.2 Å². The van der Waals surface area contributed by atoms with Gasteiger partial charge in [0.25, 0.3) is 0 Å². The molecule has 0 atom stereocenters. The third-order valence-corrected chi connectivity index (χ3v) is 5.12. The molecule has 26 heavy (non-hydrogen) atoms. The van der Waals surface area contributed by atoms with Crippen molar-refractivity contribution in [2.45, 2.75) is 16.5 Å². The average molecular weight is 393 g/mol. The Hall–Kier alpha value is -2.65. The maximum atomic E-state index is 11.7. The van der Waals surface area contributed by atoms with Gasteiger partial charge in [0.1, 0.15) is 0 Å². The van der Waals surface area contributed by atoms with Crippen molar-refractivity contribution in [3.8, 4) is 0 Å². The van der Waals surface area contributed by atoms with Crippen LogP contribution in [0.15, 0.2) is 52.3 Å². The molecule has 0 N–H and O–H groups in total. The van der Waals surface area contributed by atoms with E-state index < -0.39 is 16.5 Å². The molecule has 0 saturated heterocycles. The van der Waals surface area contributed by atoms with Crippen LogP contribution in [0.1, 0.15) is 0 Å². The third kappa shape index (κ3) is 3.78. The molecule has 1 aliphatic rings. The summed E-state index contributed by atoms with van der Waals surface area (Å²) in [5, 5.41) is 12.2. The Morgan fingerprint density at radius 1 is 1.31 bits per heavy atom. The minimum Gasteiger partial charge on any atom is -0.368 e. The molecule has 10 heteroatoms. The van der Waals surface area contributed by atoms with Gasteiger partial charge in [-0.25, -0.2) is 0 Å². The second-order valence-corrected chi connectivity index (χ2v) is 7.09. The van der Waals surface area contributed by atoms with Crippen LogP contribution in [0.5, 0.6) is 0 Å². The number of halogens is 1. The summed E-state index contributed by atoms with van der Waals surface area (Å²) in [6, 6.07) is 6.89. The van der Waals surface area contributed by atoms with Crippen molar-refractivity contribution in [3.05, 3.63) is 57.5 Å². The molecule has 0 saturated carbocycles. The predicted molar refractivity (Wildman–Crippen MR) is 95.2 cm³/mol. The Labute approximate surface area is 157 Å². The number of likely N-dealkylation sites (N-methyl/N-ethyl adjacent to an activating group) is 1. The molecule has 2 heterocycles. The van der Waals surface area contributed by atoms with E-state index in [1.165, 1.54) is 24.2 Å². The first kappa shape index (κ1) is 18.2. The van der Waals surface area contributed by atoms with Crippen LogP contribution in [-0.2, 0) is 16.1 Å². The molecule has 3 rings (SSSR count). The molecule has 1 aromatic heterocycles. The molecule has 0 spiro atoms. The summed E-state index contributed by atoms with van der Waals surface area (Å²) >= 11 is 7.05. The second kappa shape index (κ2) is 7.30. The lowest BCUT2D eigenvalue weighted by molar-refractivity contribution is -0.392. The third-order valence-electron chi connectivity index (χ3n) is 3.75. The standard InChI is InChI=1S/C16H13ClN4O4S/c1-19-8-14(23)13(22)6-11(19)7-20-9-18-15(21(24)25)16(20)26-12-4-2-10(17)3-5-12/h2-6,9H,7-8H2,1H3. The van der Waals surface area contributed by atoms with E-state index in [2.05, 4.69) is 4.98 Å². The van der Waals surface area contributed by atoms with Crippen molar-refractivity contribution in [1.29, 1.82) is 0 Å². The number of benzene rings is 1. The van der Waals surface area contributed by atoms with Crippen molar-refractivity contribution >= 4 is 40.7 Å². The van der Waals surface area contributed by atoms with E-state index in [4.69, 9.17) is 11.6 Å². The number of allylic oxidation sites excluding steroid dienone is 2. The molecule has 0 amide bonds. The zero-order valence-electron chi connectivity index (χ0n) is 13.6. The number of hydrogen-bond donors (Lipinski definition) is 0. The van der Waals surface area contributed by atoms with Crippen LogP contribution in [0, 0.1) is 10.1 Å². The minimum absolute atomic E-state index is 0.0128. The van der Waals surface area contributed by atoms with E-state index in [-0.39, 0.29) is 18.9 Å². The zero-order valence-corrected chi connectivity index (χ0v) is 15.2. The fourth-order valence-corrected chi connectivity index (χ4v) is 3.46. The van der Waals surface area contributed by atoms with Gasteiger partial charge in [0.05, 0.1) is 13.1 Å². The van der Waals surface area contributed by atoms with Crippen molar-refractivity contribution in [1.82, 2.24) is 14.5 Å². The second-order valence-electron chi connectivity index (χ2n) is 5.59. The van der Waals surface area contributed by atoms with Gasteiger partial charge in [-0.2, -0.15) is 0 Å². The van der Waals surface area contributed by atoms with Crippen LogP contribution in [0.3, 0.4) is 0 Å². The number of Topliss-reactive ketones (excluding diaryl/α,β-unsaturated/α-hetero) is 1.